The number of terminal acetylenes is 1. The van der Waals surface area contributed by atoms with Crippen LogP contribution in [0.25, 0.3) is 0 Å². The van der Waals surface area contributed by atoms with Gasteiger partial charge in [-0.2, -0.15) is 0 Å². The van der Waals surface area contributed by atoms with Crippen LogP contribution >= 0.6 is 0 Å². The Kier molecular flexibility index (Phi) is 9.12. The van der Waals surface area contributed by atoms with Crippen molar-refractivity contribution in [3.63, 3.8) is 0 Å². The van der Waals surface area contributed by atoms with E-state index in [-0.39, 0.29) is 58.0 Å². The molecule has 0 saturated carbocycles. The van der Waals surface area contributed by atoms with Crippen LogP contribution in [-0.4, -0.2) is 20.2 Å². The molecule has 0 aliphatic heterocycles. The molecule has 0 aromatic heterocycles. The molecular formula is C6H7BF3KO. The Morgan fingerprint density at radius 3 is 2.33 bits per heavy atom. The molecule has 0 heterocycles. The summed E-state index contributed by atoms with van der Waals surface area (Å²) in [6.45, 7) is -2.82. The maximum Gasteiger partial charge on any atom is 1.00 e. The van der Waals surface area contributed by atoms with Gasteiger partial charge in [-0.1, -0.05) is 5.92 Å². The van der Waals surface area contributed by atoms with Crippen LogP contribution in [-0.2, 0) is 4.74 Å². The fourth-order valence-corrected chi connectivity index (χ4v) is 0.336. The van der Waals surface area contributed by atoms with E-state index in [4.69, 9.17) is 6.42 Å². The Labute approximate surface area is 112 Å². The molecule has 6 heteroatoms. The first-order chi connectivity index (χ1) is 4.98. The van der Waals surface area contributed by atoms with Gasteiger partial charge in [-0.25, -0.2) is 0 Å². The second-order valence-electron chi connectivity index (χ2n) is 1.93. The van der Waals surface area contributed by atoms with Crippen LogP contribution in [0.2, 0.25) is 0 Å². The summed E-state index contributed by atoms with van der Waals surface area (Å²) in [6, 6.07) is 0. The monoisotopic (exact) mass is 202 g/mol. The van der Waals surface area contributed by atoms with Crippen LogP contribution in [0.3, 0.4) is 0 Å². The molecule has 62 valence electrons. The first-order valence-corrected chi connectivity index (χ1v) is 2.87. The second-order valence-corrected chi connectivity index (χ2v) is 1.93. The minimum absolute atomic E-state index is 0. The molecule has 0 rings (SSSR count). The van der Waals surface area contributed by atoms with Crippen molar-refractivity contribution in [2.24, 2.45) is 0 Å². The smallest absolute Gasteiger partial charge is 0.445 e. The average molecular weight is 202 g/mol. The van der Waals surface area contributed by atoms with Crippen molar-refractivity contribution in [1.82, 2.24) is 0 Å². The third-order valence-corrected chi connectivity index (χ3v) is 0.936. The molecule has 0 fully saturated rings. The van der Waals surface area contributed by atoms with Gasteiger partial charge < -0.3 is 17.7 Å². The molecule has 0 aliphatic rings. The fourth-order valence-electron chi connectivity index (χ4n) is 0.336. The molecule has 0 spiro atoms. The van der Waals surface area contributed by atoms with Crippen molar-refractivity contribution < 1.29 is 69.1 Å². The van der Waals surface area contributed by atoms with Gasteiger partial charge in [0.25, 0.3) is 0 Å². The number of halogens is 3. The first kappa shape index (κ1) is 15.2. The largest absolute Gasteiger partial charge is 1.00 e. The van der Waals surface area contributed by atoms with Gasteiger partial charge in [0.15, 0.2) is 0 Å². The fraction of sp³-hybridized carbons (Fsp3) is 0.333. The van der Waals surface area contributed by atoms with Gasteiger partial charge in [0.2, 0.25) is 0 Å². The topological polar surface area (TPSA) is 9.23 Å². The first-order valence-electron chi connectivity index (χ1n) is 2.87. The van der Waals surface area contributed by atoms with E-state index in [2.05, 4.69) is 17.2 Å². The Bertz CT molecular complexity index is 184. The summed E-state index contributed by atoms with van der Waals surface area (Å²) in [7, 11) is 0. The molecule has 0 N–H and O–H groups in total. The van der Waals surface area contributed by atoms with E-state index in [0.29, 0.717) is 0 Å². The van der Waals surface area contributed by atoms with Crippen molar-refractivity contribution in [2.75, 3.05) is 13.2 Å². The molecule has 0 aromatic carbocycles. The van der Waals surface area contributed by atoms with Gasteiger partial charge in [0.1, 0.15) is 6.61 Å². The molecule has 1 nitrogen and oxygen atoms in total. The molecule has 0 bridgehead atoms. The van der Waals surface area contributed by atoms with E-state index >= 15 is 0 Å². The second kappa shape index (κ2) is 7.18. The Balaban J connectivity index is 0. The summed E-state index contributed by atoms with van der Waals surface area (Å²) >= 11 is 0. The van der Waals surface area contributed by atoms with Crippen molar-refractivity contribution in [3.8, 4) is 12.3 Å². The van der Waals surface area contributed by atoms with E-state index in [1.54, 1.807) is 0 Å². The predicted molar refractivity (Wildman–Crippen MR) is 37.9 cm³/mol. The van der Waals surface area contributed by atoms with E-state index in [0.717, 1.165) is 0 Å². The summed E-state index contributed by atoms with van der Waals surface area (Å²) in [4.78, 5) is 0. The van der Waals surface area contributed by atoms with Gasteiger partial charge in [0, 0.05) is 6.61 Å². The number of ether oxygens (including phenoxy) is 1. The van der Waals surface area contributed by atoms with Crippen LogP contribution in [0.5, 0.6) is 0 Å². The van der Waals surface area contributed by atoms with Gasteiger partial charge >= 0.3 is 58.4 Å². The van der Waals surface area contributed by atoms with Gasteiger partial charge in [0.05, 0.1) is 0 Å². The zero-order valence-electron chi connectivity index (χ0n) is 6.82. The van der Waals surface area contributed by atoms with Crippen molar-refractivity contribution in [1.29, 1.82) is 0 Å². The average Bonchev–Trinajstić information content (AvgIpc) is 1.86. The maximum absolute atomic E-state index is 11.7. The van der Waals surface area contributed by atoms with E-state index in [9.17, 15) is 12.9 Å². The molecule has 0 radical (unpaired) electrons. The third kappa shape index (κ3) is 7.40. The quantitative estimate of drug-likeness (QED) is 0.309. The summed E-state index contributed by atoms with van der Waals surface area (Å²) in [6.07, 6.45) is 4.74. The van der Waals surface area contributed by atoms with E-state index in [1.165, 1.54) is 0 Å². The molecule has 0 saturated heterocycles. The normalized spacial score (nSPS) is 9.83. The zero-order valence-corrected chi connectivity index (χ0v) is 9.94. The minimum Gasteiger partial charge on any atom is -0.445 e. The summed E-state index contributed by atoms with van der Waals surface area (Å²) in [5.74, 6) is 2.05. The van der Waals surface area contributed by atoms with Gasteiger partial charge in [-0.15, -0.1) is 18.5 Å². The molecular weight excluding hydrogens is 195 g/mol. The van der Waals surface area contributed by atoms with Crippen LogP contribution in [0, 0.1) is 12.3 Å². The predicted octanol–water partition coefficient (Wildman–Crippen LogP) is -1.42. The van der Waals surface area contributed by atoms with Crippen LogP contribution < -0.4 is 51.4 Å². The summed E-state index contributed by atoms with van der Waals surface area (Å²) in [5.41, 5.74) is -0.861. The molecule has 0 aromatic rings. The van der Waals surface area contributed by atoms with Crippen LogP contribution in [0.15, 0.2) is 12.1 Å². The molecule has 0 aliphatic carbocycles. The summed E-state index contributed by atoms with van der Waals surface area (Å²) < 4.78 is 39.6. The number of hydrogen-bond acceptors (Lipinski definition) is 1. The van der Waals surface area contributed by atoms with Crippen molar-refractivity contribution >= 4 is 6.98 Å². The molecule has 0 atom stereocenters. The summed E-state index contributed by atoms with van der Waals surface area (Å²) in [5, 5.41) is 0. The SMILES string of the molecule is C#CCOCC(=C)[B-](F)(F)F.[K+]. The maximum atomic E-state index is 11.7. The molecule has 12 heavy (non-hydrogen) atoms. The minimum atomic E-state index is -4.97. The zero-order chi connectivity index (χ0) is 8.91. The Hall–Kier alpha value is 0.751. The third-order valence-electron chi connectivity index (χ3n) is 0.936. The number of rotatable bonds is 4. The van der Waals surface area contributed by atoms with Crippen molar-refractivity contribution in [2.45, 2.75) is 0 Å². The van der Waals surface area contributed by atoms with Gasteiger partial charge in [-0.3, -0.25) is 0 Å². The van der Waals surface area contributed by atoms with Crippen LogP contribution in [0.4, 0.5) is 12.9 Å². The Morgan fingerprint density at radius 1 is 1.50 bits per heavy atom. The van der Waals surface area contributed by atoms with Crippen LogP contribution in [0.1, 0.15) is 0 Å². The molecule has 0 amide bonds. The van der Waals surface area contributed by atoms with E-state index < -0.39 is 19.1 Å². The number of hydrogen-bond donors (Lipinski definition) is 0. The Morgan fingerprint density at radius 2 is 2.00 bits per heavy atom. The van der Waals surface area contributed by atoms with E-state index in [1.807, 2.05) is 0 Å². The van der Waals surface area contributed by atoms with Crippen molar-refractivity contribution in [3.05, 3.63) is 12.1 Å². The molecule has 0 unspecified atom stereocenters. The van der Waals surface area contributed by atoms with Gasteiger partial charge in [-0.05, 0) is 0 Å². The standard InChI is InChI=1S/C6H7BF3O.K/c1-3-4-11-5-6(2)7(8,9)10;/h1H,2,4-5H2;/q-1;+1.